The van der Waals surface area contributed by atoms with Crippen LogP contribution in [0.3, 0.4) is 0 Å². The maximum atomic E-state index is 13.2. The summed E-state index contributed by atoms with van der Waals surface area (Å²) in [6.07, 6.45) is 5.92. The summed E-state index contributed by atoms with van der Waals surface area (Å²) in [5.41, 5.74) is 1.45. The number of pyridine rings is 1. The van der Waals surface area contributed by atoms with Gasteiger partial charge >= 0.3 is 0 Å². The van der Waals surface area contributed by atoms with Crippen LogP contribution in [0, 0.1) is 5.82 Å². The molecular formula is C18H21FN2O2. The monoisotopic (exact) mass is 316 g/mol. The summed E-state index contributed by atoms with van der Waals surface area (Å²) in [4.78, 5) is 15.3. The molecule has 1 aromatic carbocycles. The van der Waals surface area contributed by atoms with Crippen molar-refractivity contribution in [3.8, 4) is 0 Å². The van der Waals surface area contributed by atoms with Crippen LogP contribution < -0.4 is 10.7 Å². The Hall–Kier alpha value is -1.72. The molecule has 2 aromatic rings. The Morgan fingerprint density at radius 2 is 2.13 bits per heavy atom. The summed E-state index contributed by atoms with van der Waals surface area (Å²) in [7, 11) is 0. The number of H-pyrrole nitrogens is 1. The van der Waals surface area contributed by atoms with Crippen LogP contribution >= 0.6 is 0 Å². The molecule has 4 nitrogen and oxygen atoms in total. The van der Waals surface area contributed by atoms with Gasteiger partial charge in [0.25, 0.3) is 0 Å². The molecule has 23 heavy (non-hydrogen) atoms. The normalized spacial score (nSPS) is 23.1. The number of nitrogens with one attached hydrogen (secondary N) is 2. The highest BCUT2D eigenvalue weighted by molar-refractivity contribution is 5.78. The molecule has 0 bridgehead atoms. The van der Waals surface area contributed by atoms with Crippen molar-refractivity contribution in [1.29, 1.82) is 0 Å². The second-order valence-electron chi connectivity index (χ2n) is 6.83. The summed E-state index contributed by atoms with van der Waals surface area (Å²) in [6.45, 7) is 1.33. The van der Waals surface area contributed by atoms with Gasteiger partial charge in [0.15, 0.2) is 5.43 Å². The first-order chi connectivity index (χ1) is 11.1. The van der Waals surface area contributed by atoms with Gasteiger partial charge in [-0.05, 0) is 37.5 Å². The largest absolute Gasteiger partial charge is 0.373 e. The number of hydrogen-bond acceptors (Lipinski definition) is 3. The van der Waals surface area contributed by atoms with Crippen LogP contribution in [0.5, 0.6) is 0 Å². The molecular weight excluding hydrogens is 295 g/mol. The minimum Gasteiger partial charge on any atom is -0.373 e. The van der Waals surface area contributed by atoms with Crippen LogP contribution in [-0.2, 0) is 11.3 Å². The lowest BCUT2D eigenvalue weighted by Gasteiger charge is -2.21. The van der Waals surface area contributed by atoms with Gasteiger partial charge in [0.2, 0.25) is 0 Å². The lowest BCUT2D eigenvalue weighted by Crippen LogP contribution is -2.31. The van der Waals surface area contributed by atoms with Crippen LogP contribution in [0.15, 0.2) is 29.1 Å². The van der Waals surface area contributed by atoms with Crippen LogP contribution in [0.1, 0.15) is 37.8 Å². The van der Waals surface area contributed by atoms with Crippen molar-refractivity contribution < 1.29 is 9.13 Å². The van der Waals surface area contributed by atoms with E-state index < -0.39 is 0 Å². The summed E-state index contributed by atoms with van der Waals surface area (Å²) in [6, 6.07) is 6.14. The van der Waals surface area contributed by atoms with Crippen LogP contribution in [-0.4, -0.2) is 23.2 Å². The van der Waals surface area contributed by atoms with E-state index in [1.807, 2.05) is 0 Å². The van der Waals surface area contributed by atoms with Crippen molar-refractivity contribution in [3.63, 3.8) is 0 Å². The van der Waals surface area contributed by atoms with Crippen molar-refractivity contribution >= 4 is 10.9 Å². The molecule has 1 aliphatic heterocycles. The molecule has 2 aliphatic rings. The summed E-state index contributed by atoms with van der Waals surface area (Å²) >= 11 is 0. The molecule has 2 N–H and O–H groups in total. The highest BCUT2D eigenvalue weighted by atomic mass is 19.1. The predicted octanol–water partition coefficient (Wildman–Crippen LogP) is 2.86. The highest BCUT2D eigenvalue weighted by Crippen LogP contribution is 2.40. The van der Waals surface area contributed by atoms with Crippen LogP contribution in [0.25, 0.3) is 10.9 Å². The van der Waals surface area contributed by atoms with E-state index in [1.165, 1.54) is 37.8 Å². The van der Waals surface area contributed by atoms with Crippen molar-refractivity contribution in [3.05, 3.63) is 46.0 Å². The van der Waals surface area contributed by atoms with E-state index in [0.717, 1.165) is 18.7 Å². The molecule has 1 atom stereocenters. The SMILES string of the molecule is O=c1cc(CNC2COC3(CCCC3)C2)[nH]c2ccc(F)cc12. The third-order valence-corrected chi connectivity index (χ3v) is 5.15. The standard InChI is InChI=1S/C18H21FN2O2/c19-12-3-4-16-15(7-12)17(22)8-13(21-16)10-20-14-9-18(23-11-14)5-1-2-6-18/h3-4,7-8,14,20H,1-2,5-6,9-11H2,(H,21,22). The van der Waals surface area contributed by atoms with E-state index in [1.54, 1.807) is 12.1 Å². The molecule has 0 amide bonds. The van der Waals surface area contributed by atoms with Gasteiger partial charge in [-0.1, -0.05) is 12.8 Å². The zero-order valence-corrected chi connectivity index (χ0v) is 13.0. The molecule has 2 heterocycles. The third kappa shape index (κ3) is 2.91. The molecule has 1 saturated carbocycles. The van der Waals surface area contributed by atoms with Crippen molar-refractivity contribution in [1.82, 2.24) is 10.3 Å². The second-order valence-corrected chi connectivity index (χ2v) is 6.83. The van der Waals surface area contributed by atoms with Gasteiger partial charge in [-0.3, -0.25) is 4.79 Å². The molecule has 5 heteroatoms. The molecule has 1 aliphatic carbocycles. The van der Waals surface area contributed by atoms with E-state index in [-0.39, 0.29) is 16.8 Å². The number of ether oxygens (including phenoxy) is 1. The quantitative estimate of drug-likeness (QED) is 0.915. The van der Waals surface area contributed by atoms with Gasteiger partial charge in [0.1, 0.15) is 5.82 Å². The number of benzene rings is 1. The Labute approximate surface area is 134 Å². The van der Waals surface area contributed by atoms with E-state index in [4.69, 9.17) is 4.74 Å². The maximum absolute atomic E-state index is 13.2. The van der Waals surface area contributed by atoms with E-state index in [9.17, 15) is 9.18 Å². The van der Waals surface area contributed by atoms with E-state index in [2.05, 4.69) is 10.3 Å². The highest BCUT2D eigenvalue weighted by Gasteiger charge is 2.42. The molecule has 1 aromatic heterocycles. The Balaban J connectivity index is 1.46. The lowest BCUT2D eigenvalue weighted by atomic mass is 9.96. The fraction of sp³-hybridized carbons (Fsp3) is 0.500. The Morgan fingerprint density at radius 1 is 1.30 bits per heavy atom. The number of aromatic nitrogens is 1. The van der Waals surface area contributed by atoms with Crippen molar-refractivity contribution in [2.75, 3.05) is 6.61 Å². The zero-order chi connectivity index (χ0) is 15.9. The molecule has 0 radical (unpaired) electrons. The topological polar surface area (TPSA) is 54.1 Å². The Morgan fingerprint density at radius 3 is 2.96 bits per heavy atom. The van der Waals surface area contributed by atoms with Gasteiger partial charge in [0.05, 0.1) is 12.2 Å². The van der Waals surface area contributed by atoms with Gasteiger partial charge < -0.3 is 15.0 Å². The molecule has 122 valence electrons. The minimum absolute atomic E-state index is 0.103. The molecule has 1 spiro atoms. The smallest absolute Gasteiger partial charge is 0.189 e. The van der Waals surface area contributed by atoms with Gasteiger partial charge in [0, 0.05) is 35.2 Å². The zero-order valence-electron chi connectivity index (χ0n) is 13.0. The second kappa shape index (κ2) is 5.73. The average Bonchev–Trinajstić information content (AvgIpc) is 3.16. The van der Waals surface area contributed by atoms with Crippen molar-refractivity contribution in [2.24, 2.45) is 0 Å². The Kier molecular flexibility index (Phi) is 3.70. The molecule has 4 rings (SSSR count). The van der Waals surface area contributed by atoms with Crippen LogP contribution in [0.4, 0.5) is 4.39 Å². The van der Waals surface area contributed by atoms with Crippen LogP contribution in [0.2, 0.25) is 0 Å². The van der Waals surface area contributed by atoms with Gasteiger partial charge in [-0.2, -0.15) is 0 Å². The summed E-state index contributed by atoms with van der Waals surface area (Å²) in [5.74, 6) is -0.390. The predicted molar refractivity (Wildman–Crippen MR) is 86.9 cm³/mol. The molecule has 1 saturated heterocycles. The number of fused-ring (bicyclic) bond motifs is 1. The third-order valence-electron chi connectivity index (χ3n) is 5.15. The maximum Gasteiger partial charge on any atom is 0.189 e. The van der Waals surface area contributed by atoms with E-state index in [0.29, 0.717) is 23.5 Å². The lowest BCUT2D eigenvalue weighted by molar-refractivity contribution is 0.00989. The minimum atomic E-state index is -0.390. The fourth-order valence-corrected chi connectivity index (χ4v) is 3.97. The molecule has 1 unspecified atom stereocenters. The first-order valence-corrected chi connectivity index (χ1v) is 8.32. The Bertz CT molecular complexity index is 780. The number of rotatable bonds is 3. The summed E-state index contributed by atoms with van der Waals surface area (Å²) in [5, 5.41) is 3.87. The first-order valence-electron chi connectivity index (χ1n) is 8.32. The number of halogens is 1. The number of hydrogen-bond donors (Lipinski definition) is 2. The average molecular weight is 316 g/mol. The molecule has 2 fully saturated rings. The first kappa shape index (κ1) is 14.8. The van der Waals surface area contributed by atoms with Gasteiger partial charge in [-0.15, -0.1) is 0 Å². The van der Waals surface area contributed by atoms with Crippen molar-refractivity contribution in [2.45, 2.75) is 50.3 Å². The number of aromatic amines is 1. The summed E-state index contributed by atoms with van der Waals surface area (Å²) < 4.78 is 19.3. The van der Waals surface area contributed by atoms with Gasteiger partial charge in [-0.25, -0.2) is 4.39 Å². The van der Waals surface area contributed by atoms with E-state index >= 15 is 0 Å². The fourth-order valence-electron chi connectivity index (χ4n) is 3.97.